The maximum Gasteiger partial charge on any atom is 0.426 e. The van der Waals surface area contributed by atoms with Crippen molar-refractivity contribution in [2.45, 2.75) is 18.6 Å². The number of morpholine rings is 1. The third-order valence-corrected chi connectivity index (χ3v) is 3.71. The van der Waals surface area contributed by atoms with Gasteiger partial charge in [-0.1, -0.05) is 30.3 Å². The second-order valence-electron chi connectivity index (χ2n) is 4.97. The van der Waals surface area contributed by atoms with Crippen LogP contribution in [-0.4, -0.2) is 55.4 Å². The molecule has 21 heavy (non-hydrogen) atoms. The van der Waals surface area contributed by atoms with Crippen molar-refractivity contribution in [2.75, 3.05) is 26.8 Å². The molecule has 3 unspecified atom stereocenters. The lowest BCUT2D eigenvalue weighted by Gasteiger charge is -2.38. The molecule has 1 N–H and O–H groups in total. The number of alkyl halides is 1. The maximum absolute atomic E-state index is 14.1. The molecule has 0 aromatic heterocycles. The molecule has 1 aromatic rings. The predicted molar refractivity (Wildman–Crippen MR) is 72.8 cm³/mol. The monoisotopic (exact) mass is 295 g/mol. The zero-order valence-corrected chi connectivity index (χ0v) is 11.7. The summed E-state index contributed by atoms with van der Waals surface area (Å²) in [6, 6.07) is 9.06. The Labute approximate surface area is 122 Å². The molecule has 3 rings (SSSR count). The summed E-state index contributed by atoms with van der Waals surface area (Å²) < 4.78 is 24.5. The van der Waals surface area contributed by atoms with Gasteiger partial charge in [-0.3, -0.25) is 5.32 Å². The second kappa shape index (κ2) is 5.97. The lowest BCUT2D eigenvalue weighted by molar-refractivity contribution is -0.156. The Kier molecular flexibility index (Phi) is 4.05. The first kappa shape index (κ1) is 14.2. The van der Waals surface area contributed by atoms with E-state index < -0.39 is 24.7 Å². The van der Waals surface area contributed by atoms with Gasteiger partial charge >= 0.3 is 6.09 Å². The molecule has 0 radical (unpaired) electrons. The quantitative estimate of drug-likeness (QED) is 0.851. The van der Waals surface area contributed by atoms with Crippen molar-refractivity contribution in [1.29, 1.82) is 0 Å². The van der Waals surface area contributed by atoms with Crippen molar-refractivity contribution < 1.29 is 18.7 Å². The van der Waals surface area contributed by atoms with Gasteiger partial charge in [-0.05, 0) is 12.6 Å². The average Bonchev–Trinajstić information content (AvgIpc) is 2.85. The minimum Gasteiger partial charge on any atom is -0.427 e. The van der Waals surface area contributed by atoms with E-state index in [0.717, 1.165) is 5.56 Å². The maximum atomic E-state index is 14.1. The second-order valence-corrected chi connectivity index (χ2v) is 4.97. The number of halogens is 1. The van der Waals surface area contributed by atoms with E-state index in [1.165, 1.54) is 10.0 Å². The number of nitrogens with zero attached hydrogens (tertiary/aromatic N) is 2. The molecule has 2 fully saturated rings. The molecule has 7 heteroatoms. The van der Waals surface area contributed by atoms with Gasteiger partial charge in [-0.2, -0.15) is 5.01 Å². The van der Waals surface area contributed by atoms with Crippen LogP contribution in [0.1, 0.15) is 11.6 Å². The van der Waals surface area contributed by atoms with Crippen LogP contribution in [-0.2, 0) is 9.47 Å². The number of cyclic esters (lactones) is 1. The standard InChI is InChI=1S/C14H18FN3O3/c1-16-13-12(10-5-3-2-4-6-10)18(14(19)21-13)17-7-8-20-9-11(17)15/h2-6,11-13,16H,7-9H2,1H3. The topological polar surface area (TPSA) is 54.0 Å². The Morgan fingerprint density at radius 2 is 2.10 bits per heavy atom. The van der Waals surface area contributed by atoms with E-state index in [2.05, 4.69) is 5.32 Å². The fourth-order valence-electron chi connectivity index (χ4n) is 2.72. The summed E-state index contributed by atoms with van der Waals surface area (Å²) in [5.74, 6) is 0. The highest BCUT2D eigenvalue weighted by Gasteiger charge is 2.47. The Hall–Kier alpha value is -1.70. The molecule has 0 bridgehead atoms. The van der Waals surface area contributed by atoms with Crippen molar-refractivity contribution in [2.24, 2.45) is 0 Å². The van der Waals surface area contributed by atoms with Crippen molar-refractivity contribution in [1.82, 2.24) is 15.3 Å². The smallest absolute Gasteiger partial charge is 0.426 e. The third-order valence-electron chi connectivity index (χ3n) is 3.71. The minimum atomic E-state index is -1.35. The lowest BCUT2D eigenvalue weighted by Crippen LogP contribution is -2.54. The minimum absolute atomic E-state index is 0.0461. The molecule has 2 aliphatic heterocycles. The van der Waals surface area contributed by atoms with Gasteiger partial charge in [0.15, 0.2) is 12.5 Å². The van der Waals surface area contributed by atoms with Gasteiger partial charge in [0.2, 0.25) is 0 Å². The number of amides is 1. The van der Waals surface area contributed by atoms with Gasteiger partial charge in [0, 0.05) is 6.54 Å². The average molecular weight is 295 g/mol. The van der Waals surface area contributed by atoms with Crippen molar-refractivity contribution in [3.8, 4) is 0 Å². The molecule has 0 spiro atoms. The van der Waals surface area contributed by atoms with Crippen molar-refractivity contribution in [3.05, 3.63) is 35.9 Å². The SMILES string of the molecule is CNC1OC(=O)N(N2CCOCC2F)C1c1ccccc1. The van der Waals surface area contributed by atoms with E-state index >= 15 is 0 Å². The first-order chi connectivity index (χ1) is 10.2. The zero-order chi connectivity index (χ0) is 14.8. The Morgan fingerprint density at radius 1 is 1.33 bits per heavy atom. The third kappa shape index (κ3) is 2.59. The summed E-state index contributed by atoms with van der Waals surface area (Å²) in [5.41, 5.74) is 0.890. The van der Waals surface area contributed by atoms with Crippen LogP contribution in [0.3, 0.4) is 0 Å². The molecule has 2 saturated heterocycles. The van der Waals surface area contributed by atoms with E-state index in [9.17, 15) is 9.18 Å². The highest BCUT2D eigenvalue weighted by Crippen LogP contribution is 2.34. The van der Waals surface area contributed by atoms with Gasteiger partial charge in [0.05, 0.1) is 13.2 Å². The van der Waals surface area contributed by atoms with Crippen LogP contribution in [0, 0.1) is 0 Å². The highest BCUT2D eigenvalue weighted by molar-refractivity contribution is 5.70. The summed E-state index contributed by atoms with van der Waals surface area (Å²) in [4.78, 5) is 12.2. The van der Waals surface area contributed by atoms with E-state index in [1.807, 2.05) is 30.3 Å². The van der Waals surface area contributed by atoms with Crippen LogP contribution in [0.15, 0.2) is 30.3 Å². The van der Waals surface area contributed by atoms with E-state index in [0.29, 0.717) is 13.2 Å². The summed E-state index contributed by atoms with van der Waals surface area (Å²) >= 11 is 0. The molecule has 1 aromatic carbocycles. The van der Waals surface area contributed by atoms with E-state index in [1.54, 1.807) is 7.05 Å². The molecule has 0 saturated carbocycles. The van der Waals surface area contributed by atoms with Crippen LogP contribution >= 0.6 is 0 Å². The van der Waals surface area contributed by atoms with Gasteiger partial charge in [-0.25, -0.2) is 14.2 Å². The molecule has 0 aliphatic carbocycles. The first-order valence-electron chi connectivity index (χ1n) is 6.93. The number of ether oxygens (including phenoxy) is 2. The number of carbonyl (C=O) groups is 1. The first-order valence-corrected chi connectivity index (χ1v) is 6.93. The normalized spacial score (nSPS) is 30.5. The Bertz CT molecular complexity index is 501. The Balaban J connectivity index is 1.93. The van der Waals surface area contributed by atoms with Crippen LogP contribution in [0.25, 0.3) is 0 Å². The molecular formula is C14H18FN3O3. The number of nitrogens with one attached hydrogen (secondary N) is 1. The number of carbonyl (C=O) groups excluding carboxylic acids is 1. The fraction of sp³-hybridized carbons (Fsp3) is 0.500. The van der Waals surface area contributed by atoms with Crippen LogP contribution in [0.2, 0.25) is 0 Å². The molecule has 2 heterocycles. The molecule has 1 amide bonds. The fourth-order valence-corrected chi connectivity index (χ4v) is 2.72. The largest absolute Gasteiger partial charge is 0.427 e. The number of benzene rings is 1. The predicted octanol–water partition coefficient (Wildman–Crippen LogP) is 1.27. The van der Waals surface area contributed by atoms with Gasteiger partial charge in [0.1, 0.15) is 6.04 Å². The van der Waals surface area contributed by atoms with Crippen LogP contribution in [0.4, 0.5) is 9.18 Å². The van der Waals surface area contributed by atoms with E-state index in [-0.39, 0.29) is 6.61 Å². The number of hydrogen-bond acceptors (Lipinski definition) is 5. The summed E-state index contributed by atoms with van der Waals surface area (Å²) in [7, 11) is 1.71. The van der Waals surface area contributed by atoms with Gasteiger partial charge in [-0.15, -0.1) is 0 Å². The molecule has 2 aliphatic rings. The highest BCUT2D eigenvalue weighted by atomic mass is 19.1. The van der Waals surface area contributed by atoms with Crippen molar-refractivity contribution >= 4 is 6.09 Å². The number of hydrogen-bond donors (Lipinski definition) is 1. The summed E-state index contributed by atoms with van der Waals surface area (Å²) in [6.07, 6.45) is -2.42. The number of likely N-dealkylation sites (N-methyl/N-ethyl adjacent to an activating group) is 1. The van der Waals surface area contributed by atoms with Crippen molar-refractivity contribution in [3.63, 3.8) is 0 Å². The van der Waals surface area contributed by atoms with Gasteiger partial charge < -0.3 is 9.47 Å². The van der Waals surface area contributed by atoms with Crippen LogP contribution < -0.4 is 5.32 Å². The van der Waals surface area contributed by atoms with Crippen LogP contribution in [0.5, 0.6) is 0 Å². The zero-order valence-electron chi connectivity index (χ0n) is 11.7. The summed E-state index contributed by atoms with van der Waals surface area (Å²) in [5, 5.41) is 5.72. The van der Waals surface area contributed by atoms with Gasteiger partial charge in [0.25, 0.3) is 0 Å². The molecule has 3 atom stereocenters. The molecule has 114 valence electrons. The number of rotatable bonds is 3. The summed E-state index contributed by atoms with van der Waals surface area (Å²) in [6.45, 7) is 0.654. The molecular weight excluding hydrogens is 277 g/mol. The Morgan fingerprint density at radius 3 is 2.76 bits per heavy atom. The number of hydrazine groups is 1. The molecule has 6 nitrogen and oxygen atoms in total. The lowest BCUT2D eigenvalue weighted by atomic mass is 10.1. The van der Waals surface area contributed by atoms with E-state index in [4.69, 9.17) is 9.47 Å².